The lowest BCUT2D eigenvalue weighted by molar-refractivity contribution is 1.24. The standard InChI is InChI=1S/C7H8N2S/c1-5-2-3-7-6(4-5)8-9-10-7/h2-4,8-9H,1H3. The molecular formula is C7H8N2S. The molecule has 0 aromatic heterocycles. The third-order valence-corrected chi connectivity index (χ3v) is 2.26. The van der Waals surface area contributed by atoms with Gasteiger partial charge in [0.1, 0.15) is 0 Å². The van der Waals surface area contributed by atoms with Gasteiger partial charge in [-0.25, -0.2) is 0 Å². The van der Waals surface area contributed by atoms with Crippen LogP contribution in [0.4, 0.5) is 5.69 Å². The number of nitrogens with one attached hydrogen (secondary N) is 2. The van der Waals surface area contributed by atoms with Crippen LogP contribution in [0, 0.1) is 6.92 Å². The first-order chi connectivity index (χ1) is 4.86. The van der Waals surface area contributed by atoms with Crippen molar-refractivity contribution in [3.8, 4) is 0 Å². The minimum Gasteiger partial charge on any atom is -0.310 e. The number of hydrogen-bond acceptors (Lipinski definition) is 3. The molecule has 0 unspecified atom stereocenters. The van der Waals surface area contributed by atoms with Crippen LogP contribution in [0.15, 0.2) is 23.1 Å². The van der Waals surface area contributed by atoms with Gasteiger partial charge in [-0.15, -0.1) is 0 Å². The van der Waals surface area contributed by atoms with Gasteiger partial charge in [-0.05, 0) is 36.6 Å². The fourth-order valence-electron chi connectivity index (χ4n) is 0.966. The number of anilines is 1. The lowest BCUT2D eigenvalue weighted by Crippen LogP contribution is -2.04. The fourth-order valence-corrected chi connectivity index (χ4v) is 1.59. The molecular weight excluding hydrogens is 144 g/mol. The summed E-state index contributed by atoms with van der Waals surface area (Å²) in [5.74, 6) is 0. The first kappa shape index (κ1) is 6.07. The summed E-state index contributed by atoms with van der Waals surface area (Å²) in [4.78, 5) is 4.25. The summed E-state index contributed by atoms with van der Waals surface area (Å²) in [5.41, 5.74) is 5.53. The average molecular weight is 152 g/mol. The Morgan fingerprint density at radius 2 is 2.30 bits per heavy atom. The Labute approximate surface area is 64.1 Å². The Morgan fingerprint density at radius 1 is 1.40 bits per heavy atom. The largest absolute Gasteiger partial charge is 0.310 e. The normalized spacial score (nSPS) is 14.5. The topological polar surface area (TPSA) is 24.1 Å². The van der Waals surface area contributed by atoms with Crippen LogP contribution >= 0.6 is 11.9 Å². The summed E-state index contributed by atoms with van der Waals surface area (Å²) in [5, 5.41) is 0. The van der Waals surface area contributed by atoms with Crippen LogP contribution in [-0.4, -0.2) is 0 Å². The van der Waals surface area contributed by atoms with Crippen molar-refractivity contribution in [3.63, 3.8) is 0 Å². The summed E-state index contributed by atoms with van der Waals surface area (Å²) in [6.45, 7) is 2.09. The molecule has 0 bridgehead atoms. The smallest absolute Gasteiger partial charge is 0.0649 e. The monoisotopic (exact) mass is 152 g/mol. The Kier molecular flexibility index (Phi) is 1.32. The number of hydrazine groups is 1. The molecule has 52 valence electrons. The summed E-state index contributed by atoms with van der Waals surface area (Å²) in [7, 11) is 0. The van der Waals surface area contributed by atoms with Crippen LogP contribution in [0.25, 0.3) is 0 Å². The van der Waals surface area contributed by atoms with Crippen LogP contribution in [0.5, 0.6) is 0 Å². The van der Waals surface area contributed by atoms with E-state index >= 15 is 0 Å². The van der Waals surface area contributed by atoms with Crippen molar-refractivity contribution in [2.75, 3.05) is 5.43 Å². The molecule has 3 heteroatoms. The molecule has 0 amide bonds. The van der Waals surface area contributed by atoms with E-state index in [1.165, 1.54) is 16.1 Å². The van der Waals surface area contributed by atoms with Crippen LogP contribution in [0.2, 0.25) is 0 Å². The second-order valence-electron chi connectivity index (χ2n) is 2.33. The molecule has 1 aromatic rings. The van der Waals surface area contributed by atoms with Gasteiger partial charge in [-0.1, -0.05) is 6.07 Å². The average Bonchev–Trinajstić information content (AvgIpc) is 2.33. The highest BCUT2D eigenvalue weighted by atomic mass is 32.2. The molecule has 2 nitrogen and oxygen atoms in total. The second kappa shape index (κ2) is 2.18. The van der Waals surface area contributed by atoms with Gasteiger partial charge in [0.05, 0.1) is 5.69 Å². The molecule has 0 radical (unpaired) electrons. The molecule has 2 N–H and O–H groups in total. The zero-order chi connectivity index (χ0) is 6.97. The minimum absolute atomic E-state index is 1.19. The molecule has 0 saturated carbocycles. The summed E-state index contributed by atoms with van der Waals surface area (Å²) >= 11 is 1.62. The van der Waals surface area contributed by atoms with Crippen molar-refractivity contribution in [2.24, 2.45) is 0 Å². The number of aryl methyl sites for hydroxylation is 1. The molecule has 1 heterocycles. The number of rotatable bonds is 0. The maximum atomic E-state index is 3.05. The predicted octanol–water partition coefficient (Wildman–Crippen LogP) is 1.93. The van der Waals surface area contributed by atoms with E-state index in [-0.39, 0.29) is 0 Å². The van der Waals surface area contributed by atoms with Gasteiger partial charge in [0.25, 0.3) is 0 Å². The third kappa shape index (κ3) is 0.874. The van der Waals surface area contributed by atoms with Crippen molar-refractivity contribution in [1.82, 2.24) is 4.83 Å². The number of fused-ring (bicyclic) bond motifs is 1. The zero-order valence-corrected chi connectivity index (χ0v) is 6.46. The van der Waals surface area contributed by atoms with Crippen LogP contribution in [0.3, 0.4) is 0 Å². The zero-order valence-electron chi connectivity index (χ0n) is 5.64. The van der Waals surface area contributed by atoms with Crippen molar-refractivity contribution >= 4 is 17.6 Å². The van der Waals surface area contributed by atoms with Crippen LogP contribution < -0.4 is 10.3 Å². The summed E-state index contributed by atoms with van der Waals surface area (Å²) in [6, 6.07) is 6.35. The third-order valence-electron chi connectivity index (χ3n) is 1.48. The van der Waals surface area contributed by atoms with Gasteiger partial charge in [-0.2, -0.15) is 4.83 Å². The maximum absolute atomic E-state index is 3.05. The molecule has 2 rings (SSSR count). The van der Waals surface area contributed by atoms with Gasteiger partial charge < -0.3 is 5.43 Å². The molecule has 1 aliphatic heterocycles. The summed E-state index contributed by atoms with van der Waals surface area (Å²) in [6.07, 6.45) is 0. The highest BCUT2D eigenvalue weighted by Gasteiger charge is 2.08. The first-order valence-corrected chi connectivity index (χ1v) is 3.96. The van der Waals surface area contributed by atoms with Crippen molar-refractivity contribution in [3.05, 3.63) is 23.8 Å². The quantitative estimate of drug-likeness (QED) is 0.555. The van der Waals surface area contributed by atoms with E-state index in [9.17, 15) is 0 Å². The Hall–Kier alpha value is -0.670. The highest BCUT2D eigenvalue weighted by Crippen LogP contribution is 2.30. The van der Waals surface area contributed by atoms with E-state index in [1.807, 2.05) is 0 Å². The minimum atomic E-state index is 1.19. The highest BCUT2D eigenvalue weighted by molar-refractivity contribution is 7.98. The Balaban J connectivity index is 2.52. The maximum Gasteiger partial charge on any atom is 0.0649 e. The van der Waals surface area contributed by atoms with E-state index < -0.39 is 0 Å². The Morgan fingerprint density at radius 3 is 3.20 bits per heavy atom. The van der Waals surface area contributed by atoms with E-state index in [0.717, 1.165) is 0 Å². The molecule has 0 fully saturated rings. The van der Waals surface area contributed by atoms with E-state index in [2.05, 4.69) is 35.4 Å². The summed E-state index contributed by atoms with van der Waals surface area (Å²) < 4.78 is 0. The molecule has 1 aromatic carbocycles. The van der Waals surface area contributed by atoms with Crippen molar-refractivity contribution < 1.29 is 0 Å². The van der Waals surface area contributed by atoms with Gasteiger partial charge >= 0.3 is 0 Å². The molecule has 1 aliphatic rings. The SMILES string of the molecule is Cc1ccc2c(c1)NNS2. The van der Waals surface area contributed by atoms with Crippen molar-refractivity contribution in [1.29, 1.82) is 0 Å². The van der Waals surface area contributed by atoms with Crippen LogP contribution in [-0.2, 0) is 0 Å². The van der Waals surface area contributed by atoms with Gasteiger partial charge in [-0.3, -0.25) is 0 Å². The van der Waals surface area contributed by atoms with Crippen LogP contribution in [0.1, 0.15) is 5.56 Å². The van der Waals surface area contributed by atoms with E-state index in [0.29, 0.717) is 0 Å². The fraction of sp³-hybridized carbons (Fsp3) is 0.143. The lowest BCUT2D eigenvalue weighted by Gasteiger charge is -1.96. The predicted molar refractivity (Wildman–Crippen MR) is 43.8 cm³/mol. The van der Waals surface area contributed by atoms with Gasteiger partial charge in [0, 0.05) is 4.90 Å². The lowest BCUT2D eigenvalue weighted by atomic mass is 10.2. The second-order valence-corrected chi connectivity index (χ2v) is 3.18. The number of benzene rings is 1. The molecule has 0 aliphatic carbocycles. The molecule has 0 atom stereocenters. The van der Waals surface area contributed by atoms with E-state index in [4.69, 9.17) is 0 Å². The number of hydrogen-bond donors (Lipinski definition) is 2. The van der Waals surface area contributed by atoms with Gasteiger partial charge in [0.15, 0.2) is 0 Å². The molecule has 10 heavy (non-hydrogen) atoms. The molecule has 0 saturated heterocycles. The van der Waals surface area contributed by atoms with E-state index in [1.54, 1.807) is 11.9 Å². The first-order valence-electron chi connectivity index (χ1n) is 3.15. The van der Waals surface area contributed by atoms with Crippen molar-refractivity contribution in [2.45, 2.75) is 11.8 Å². The Bertz CT molecular complexity index is 260. The van der Waals surface area contributed by atoms with Gasteiger partial charge in [0.2, 0.25) is 0 Å². The molecule has 0 spiro atoms.